The van der Waals surface area contributed by atoms with Crippen molar-refractivity contribution in [2.75, 3.05) is 12.4 Å². The van der Waals surface area contributed by atoms with E-state index in [-0.39, 0.29) is 12.1 Å². The molecule has 0 radical (unpaired) electrons. The lowest BCUT2D eigenvalue weighted by atomic mass is 10.0. The SMILES string of the molecule is COc1ccc(NC(=O)N2Cc3ccccc3-n3cccc3[C@@H]2c2ccccc2Cl)cc1. The third-order valence-electron chi connectivity index (χ3n) is 5.77. The van der Waals surface area contributed by atoms with Gasteiger partial charge in [0.2, 0.25) is 0 Å². The Labute approximate surface area is 191 Å². The molecule has 0 fully saturated rings. The van der Waals surface area contributed by atoms with Gasteiger partial charge in [-0.15, -0.1) is 0 Å². The van der Waals surface area contributed by atoms with Crippen LogP contribution in [0, 0.1) is 0 Å². The van der Waals surface area contributed by atoms with Crippen LogP contribution >= 0.6 is 11.6 Å². The summed E-state index contributed by atoms with van der Waals surface area (Å²) >= 11 is 6.64. The number of methoxy groups -OCH3 is 1. The summed E-state index contributed by atoms with van der Waals surface area (Å²) in [5.41, 5.74) is 4.68. The summed E-state index contributed by atoms with van der Waals surface area (Å²) in [6.45, 7) is 0.440. The molecule has 1 aliphatic heterocycles. The maximum absolute atomic E-state index is 13.6. The molecule has 5 nitrogen and oxygen atoms in total. The molecule has 2 amide bonds. The van der Waals surface area contributed by atoms with Crippen LogP contribution in [0.4, 0.5) is 10.5 Å². The van der Waals surface area contributed by atoms with E-state index in [0.717, 1.165) is 28.3 Å². The number of halogens is 1. The van der Waals surface area contributed by atoms with Crippen LogP contribution < -0.4 is 10.1 Å². The predicted octanol–water partition coefficient (Wildman–Crippen LogP) is 6.28. The number of hydrogen-bond donors (Lipinski definition) is 1. The second-order valence-electron chi connectivity index (χ2n) is 7.64. The van der Waals surface area contributed by atoms with Gasteiger partial charge in [-0.1, -0.05) is 48.0 Å². The Morgan fingerprint density at radius 3 is 2.50 bits per heavy atom. The number of urea groups is 1. The lowest BCUT2D eigenvalue weighted by molar-refractivity contribution is 0.194. The Hall–Kier alpha value is -3.70. The molecule has 0 unspecified atom stereocenters. The van der Waals surface area contributed by atoms with Crippen LogP contribution in [0.15, 0.2) is 91.1 Å². The van der Waals surface area contributed by atoms with E-state index in [1.807, 2.05) is 83.9 Å². The summed E-state index contributed by atoms with van der Waals surface area (Å²) in [5.74, 6) is 0.735. The van der Waals surface area contributed by atoms with Crippen LogP contribution in [0.2, 0.25) is 5.02 Å². The number of hydrogen-bond acceptors (Lipinski definition) is 2. The summed E-state index contributed by atoms with van der Waals surface area (Å²) in [4.78, 5) is 15.5. The highest BCUT2D eigenvalue weighted by molar-refractivity contribution is 6.31. The first kappa shape index (κ1) is 20.2. The molecule has 32 heavy (non-hydrogen) atoms. The van der Waals surface area contributed by atoms with Gasteiger partial charge in [0.1, 0.15) is 11.8 Å². The van der Waals surface area contributed by atoms with Crippen molar-refractivity contribution in [2.24, 2.45) is 0 Å². The van der Waals surface area contributed by atoms with Crippen molar-refractivity contribution in [3.8, 4) is 11.4 Å². The topological polar surface area (TPSA) is 46.5 Å². The Morgan fingerprint density at radius 1 is 0.969 bits per heavy atom. The molecule has 160 valence electrons. The molecule has 0 saturated heterocycles. The van der Waals surface area contributed by atoms with E-state index < -0.39 is 0 Å². The zero-order chi connectivity index (χ0) is 22.1. The molecule has 0 bridgehead atoms. The Balaban J connectivity index is 1.61. The quantitative estimate of drug-likeness (QED) is 0.405. The number of nitrogens with zero attached hydrogens (tertiary/aromatic N) is 2. The van der Waals surface area contributed by atoms with E-state index in [1.165, 1.54) is 0 Å². The monoisotopic (exact) mass is 443 g/mol. The van der Waals surface area contributed by atoms with Crippen molar-refractivity contribution >= 4 is 23.3 Å². The van der Waals surface area contributed by atoms with Gasteiger partial charge in [-0.2, -0.15) is 0 Å². The van der Waals surface area contributed by atoms with Crippen LogP contribution in [0.25, 0.3) is 5.69 Å². The van der Waals surface area contributed by atoms with Crippen LogP contribution in [0.3, 0.4) is 0 Å². The molecule has 1 aromatic heterocycles. The van der Waals surface area contributed by atoms with Gasteiger partial charge in [0.15, 0.2) is 0 Å². The van der Waals surface area contributed by atoms with Crippen molar-refractivity contribution in [3.05, 3.63) is 113 Å². The maximum Gasteiger partial charge on any atom is 0.322 e. The Bertz CT molecular complexity index is 1270. The van der Waals surface area contributed by atoms with Crippen LogP contribution in [0.1, 0.15) is 22.9 Å². The van der Waals surface area contributed by atoms with E-state index in [0.29, 0.717) is 17.3 Å². The molecule has 2 heterocycles. The van der Waals surface area contributed by atoms with Crippen LogP contribution in [-0.2, 0) is 6.54 Å². The fourth-order valence-corrected chi connectivity index (χ4v) is 4.47. The lowest BCUT2D eigenvalue weighted by Crippen LogP contribution is -2.38. The van der Waals surface area contributed by atoms with Gasteiger partial charge in [0.25, 0.3) is 0 Å². The molecule has 0 aliphatic carbocycles. The van der Waals surface area contributed by atoms with Gasteiger partial charge in [-0.3, -0.25) is 0 Å². The molecule has 6 heteroatoms. The van der Waals surface area contributed by atoms with Crippen LogP contribution in [-0.4, -0.2) is 22.6 Å². The fraction of sp³-hybridized carbons (Fsp3) is 0.115. The summed E-state index contributed by atoms with van der Waals surface area (Å²) in [6.07, 6.45) is 2.03. The Morgan fingerprint density at radius 2 is 1.72 bits per heavy atom. The number of anilines is 1. The van der Waals surface area contributed by atoms with Gasteiger partial charge < -0.3 is 19.5 Å². The van der Waals surface area contributed by atoms with Gasteiger partial charge in [0.05, 0.1) is 25.0 Å². The molecule has 5 rings (SSSR count). The van der Waals surface area contributed by atoms with E-state index in [2.05, 4.69) is 22.0 Å². The molecule has 1 N–H and O–H groups in total. The maximum atomic E-state index is 13.6. The number of benzene rings is 3. The van der Waals surface area contributed by atoms with E-state index in [4.69, 9.17) is 16.3 Å². The number of aromatic nitrogens is 1. The molecule has 1 atom stereocenters. The number of rotatable bonds is 3. The number of ether oxygens (including phenoxy) is 1. The van der Waals surface area contributed by atoms with Crippen molar-refractivity contribution in [1.82, 2.24) is 9.47 Å². The third-order valence-corrected chi connectivity index (χ3v) is 6.11. The number of carbonyl (C=O) groups is 1. The highest BCUT2D eigenvalue weighted by atomic mass is 35.5. The average Bonchev–Trinajstić information content (AvgIpc) is 3.25. The highest BCUT2D eigenvalue weighted by Gasteiger charge is 2.34. The molecule has 4 aromatic rings. The first-order chi connectivity index (χ1) is 15.7. The van der Waals surface area contributed by atoms with Crippen molar-refractivity contribution in [1.29, 1.82) is 0 Å². The third kappa shape index (κ3) is 3.61. The van der Waals surface area contributed by atoms with E-state index in [9.17, 15) is 4.79 Å². The predicted molar refractivity (Wildman–Crippen MR) is 127 cm³/mol. The smallest absolute Gasteiger partial charge is 0.322 e. The van der Waals surface area contributed by atoms with Gasteiger partial charge >= 0.3 is 6.03 Å². The average molecular weight is 444 g/mol. The minimum Gasteiger partial charge on any atom is -0.497 e. The van der Waals surface area contributed by atoms with Crippen molar-refractivity contribution in [3.63, 3.8) is 0 Å². The number of nitrogens with one attached hydrogen (secondary N) is 1. The zero-order valence-electron chi connectivity index (χ0n) is 17.5. The first-order valence-electron chi connectivity index (χ1n) is 10.4. The molecule has 0 spiro atoms. The molecule has 0 saturated carbocycles. The van der Waals surface area contributed by atoms with Crippen molar-refractivity contribution in [2.45, 2.75) is 12.6 Å². The standard InChI is InChI=1S/C26H22ClN3O2/c1-32-20-14-12-19(13-15-20)28-26(31)30-17-18-7-2-5-10-23(18)29-16-6-11-24(29)25(30)21-8-3-4-9-22(21)27/h2-16,25H,17H2,1H3,(H,28,31)/t25-/m0/s1. The minimum atomic E-state index is -0.357. The number of para-hydroxylation sites is 1. The van der Waals surface area contributed by atoms with E-state index in [1.54, 1.807) is 7.11 Å². The summed E-state index contributed by atoms with van der Waals surface area (Å²) < 4.78 is 7.37. The normalized spacial score (nSPS) is 14.8. The molecule has 3 aromatic carbocycles. The summed E-state index contributed by atoms with van der Waals surface area (Å²) in [7, 11) is 1.62. The number of amides is 2. The number of carbonyl (C=O) groups excluding carboxylic acids is 1. The van der Waals surface area contributed by atoms with Crippen LogP contribution in [0.5, 0.6) is 5.75 Å². The molecule has 1 aliphatic rings. The summed E-state index contributed by atoms with van der Waals surface area (Å²) in [6, 6.07) is 26.6. The largest absolute Gasteiger partial charge is 0.497 e. The lowest BCUT2D eigenvalue weighted by Gasteiger charge is -2.31. The highest BCUT2D eigenvalue weighted by Crippen LogP contribution is 2.39. The fourth-order valence-electron chi connectivity index (χ4n) is 4.23. The first-order valence-corrected chi connectivity index (χ1v) is 10.7. The van der Waals surface area contributed by atoms with Gasteiger partial charge in [0, 0.05) is 16.9 Å². The second-order valence-corrected chi connectivity index (χ2v) is 8.05. The Kier molecular flexibility index (Phi) is 5.33. The second kappa shape index (κ2) is 8.44. The molecular weight excluding hydrogens is 422 g/mol. The zero-order valence-corrected chi connectivity index (χ0v) is 18.3. The van der Waals surface area contributed by atoms with Gasteiger partial charge in [-0.25, -0.2) is 4.79 Å². The van der Waals surface area contributed by atoms with Gasteiger partial charge in [-0.05, 0) is 59.7 Å². The minimum absolute atomic E-state index is 0.204. The number of fused-ring (bicyclic) bond motifs is 3. The molecular formula is C26H22ClN3O2. The van der Waals surface area contributed by atoms with Crippen molar-refractivity contribution < 1.29 is 9.53 Å². The van der Waals surface area contributed by atoms with E-state index >= 15 is 0 Å². The summed E-state index contributed by atoms with van der Waals surface area (Å²) in [5, 5.41) is 3.67.